The van der Waals surface area contributed by atoms with Gasteiger partial charge in [0.1, 0.15) is 0 Å². The van der Waals surface area contributed by atoms with E-state index in [1.54, 1.807) is 0 Å². The van der Waals surface area contributed by atoms with Gasteiger partial charge in [-0.3, -0.25) is 4.79 Å². The van der Waals surface area contributed by atoms with E-state index in [9.17, 15) is 4.79 Å². The van der Waals surface area contributed by atoms with Crippen molar-refractivity contribution < 1.29 is 9.53 Å². The fourth-order valence-electron chi connectivity index (χ4n) is 3.16. The molecule has 3 heteroatoms. The van der Waals surface area contributed by atoms with Crippen molar-refractivity contribution in [2.45, 2.75) is 110 Å². The molecule has 0 aliphatic carbocycles. The quantitative estimate of drug-likeness (QED) is 0.220. The average Bonchev–Trinajstić information content (AvgIpc) is 2.60. The van der Waals surface area contributed by atoms with Crippen molar-refractivity contribution in [3.05, 3.63) is 0 Å². The van der Waals surface area contributed by atoms with Crippen molar-refractivity contribution in [1.29, 1.82) is 0 Å². The first-order valence-electron chi connectivity index (χ1n) is 10.9. The van der Waals surface area contributed by atoms with Crippen LogP contribution in [0.2, 0.25) is 0 Å². The predicted molar refractivity (Wildman–Crippen MR) is 109 cm³/mol. The molecule has 0 rings (SSSR count). The summed E-state index contributed by atoms with van der Waals surface area (Å²) >= 11 is 0. The van der Waals surface area contributed by atoms with Crippen molar-refractivity contribution in [1.82, 2.24) is 5.32 Å². The number of carbonyl (C=O) groups is 1. The molecule has 150 valence electrons. The minimum absolute atomic E-state index is 0.126. The van der Waals surface area contributed by atoms with Crippen molar-refractivity contribution in [2.24, 2.45) is 5.92 Å². The monoisotopic (exact) mass is 355 g/mol. The number of rotatable bonds is 19. The lowest BCUT2D eigenvalue weighted by molar-refractivity contribution is -0.140. The largest absolute Gasteiger partial charge is 0.469 e. The summed E-state index contributed by atoms with van der Waals surface area (Å²) in [6, 6.07) is 0. The minimum Gasteiger partial charge on any atom is -0.469 e. The normalized spacial score (nSPS) is 11.2. The second-order valence-electron chi connectivity index (χ2n) is 7.85. The van der Waals surface area contributed by atoms with Gasteiger partial charge in [0.05, 0.1) is 13.5 Å². The molecular formula is C22H45NO2. The Labute approximate surface area is 157 Å². The van der Waals surface area contributed by atoms with Crippen LogP contribution in [0, 0.1) is 5.92 Å². The van der Waals surface area contributed by atoms with Crippen LogP contribution in [0.5, 0.6) is 0 Å². The van der Waals surface area contributed by atoms with Crippen LogP contribution in [0.4, 0.5) is 0 Å². The summed E-state index contributed by atoms with van der Waals surface area (Å²) in [7, 11) is 1.44. The Morgan fingerprint density at radius 2 is 1.16 bits per heavy atom. The fraction of sp³-hybridized carbons (Fsp3) is 0.955. The molecule has 1 N–H and O–H groups in total. The zero-order chi connectivity index (χ0) is 18.6. The van der Waals surface area contributed by atoms with Crippen LogP contribution in [0.25, 0.3) is 0 Å². The first kappa shape index (κ1) is 24.4. The topological polar surface area (TPSA) is 38.3 Å². The minimum atomic E-state index is -0.126. The lowest BCUT2D eigenvalue weighted by Gasteiger charge is -2.05. The molecule has 0 aliphatic rings. The van der Waals surface area contributed by atoms with Gasteiger partial charge in [-0.2, -0.15) is 0 Å². The molecule has 0 aromatic carbocycles. The van der Waals surface area contributed by atoms with Crippen LogP contribution >= 0.6 is 0 Å². The Kier molecular flexibility index (Phi) is 19.3. The van der Waals surface area contributed by atoms with Gasteiger partial charge >= 0.3 is 5.97 Å². The number of ether oxygens (including phenoxy) is 1. The highest BCUT2D eigenvalue weighted by molar-refractivity contribution is 5.69. The molecule has 0 radical (unpaired) electrons. The van der Waals surface area contributed by atoms with Crippen LogP contribution in [0.15, 0.2) is 0 Å². The maximum absolute atomic E-state index is 10.9. The van der Waals surface area contributed by atoms with Crippen molar-refractivity contribution in [2.75, 3.05) is 20.2 Å². The van der Waals surface area contributed by atoms with Gasteiger partial charge in [0.15, 0.2) is 0 Å². The lowest BCUT2D eigenvalue weighted by Crippen LogP contribution is -2.19. The van der Waals surface area contributed by atoms with E-state index in [1.807, 2.05) is 0 Å². The van der Waals surface area contributed by atoms with E-state index in [0.29, 0.717) is 6.42 Å². The molecular weight excluding hydrogens is 310 g/mol. The number of hydrogen-bond donors (Lipinski definition) is 1. The first-order chi connectivity index (χ1) is 12.2. The van der Waals surface area contributed by atoms with E-state index in [2.05, 4.69) is 23.9 Å². The smallest absolute Gasteiger partial charge is 0.306 e. The van der Waals surface area contributed by atoms with Crippen molar-refractivity contribution in [3.63, 3.8) is 0 Å². The van der Waals surface area contributed by atoms with Crippen LogP contribution in [-0.4, -0.2) is 26.2 Å². The standard InChI is InChI=1S/C22H45NO2/c1-21(2)17-15-13-11-9-7-5-4-6-8-10-12-14-16-19-23-20-18-22(24)25-3/h21,23H,4-20H2,1-3H3. The van der Waals surface area contributed by atoms with Gasteiger partial charge in [-0.05, 0) is 18.9 Å². The van der Waals surface area contributed by atoms with Crippen LogP contribution in [0.3, 0.4) is 0 Å². The molecule has 0 atom stereocenters. The molecule has 0 bridgehead atoms. The highest BCUT2D eigenvalue weighted by Crippen LogP contribution is 2.14. The first-order valence-corrected chi connectivity index (χ1v) is 10.9. The molecule has 0 spiro atoms. The summed E-state index contributed by atoms with van der Waals surface area (Å²) in [4.78, 5) is 10.9. The Morgan fingerprint density at radius 1 is 0.720 bits per heavy atom. The Bertz CT molecular complexity index is 279. The molecule has 25 heavy (non-hydrogen) atoms. The van der Waals surface area contributed by atoms with Gasteiger partial charge in [-0.25, -0.2) is 0 Å². The highest BCUT2D eigenvalue weighted by atomic mass is 16.5. The maximum Gasteiger partial charge on any atom is 0.306 e. The van der Waals surface area contributed by atoms with Gasteiger partial charge in [-0.1, -0.05) is 97.3 Å². The molecule has 0 heterocycles. The second kappa shape index (κ2) is 19.8. The average molecular weight is 356 g/mol. The van der Waals surface area contributed by atoms with Crippen molar-refractivity contribution >= 4 is 5.97 Å². The Balaban J connectivity index is 3.02. The molecule has 0 amide bonds. The molecule has 0 fully saturated rings. The Hall–Kier alpha value is -0.570. The summed E-state index contributed by atoms with van der Waals surface area (Å²) in [6.45, 7) is 6.41. The molecule has 0 saturated heterocycles. The number of methoxy groups -OCH3 is 1. The molecule has 0 aromatic heterocycles. The van der Waals surface area contributed by atoms with E-state index in [4.69, 9.17) is 0 Å². The SMILES string of the molecule is COC(=O)CCNCCCCCCCCCCCCCCCC(C)C. The van der Waals surface area contributed by atoms with Crippen LogP contribution in [-0.2, 0) is 9.53 Å². The molecule has 0 saturated carbocycles. The number of carbonyl (C=O) groups excluding carboxylic acids is 1. The molecule has 0 aliphatic heterocycles. The summed E-state index contributed by atoms with van der Waals surface area (Å²) in [5.74, 6) is 0.751. The van der Waals surface area contributed by atoms with Gasteiger partial charge in [0.2, 0.25) is 0 Å². The third-order valence-electron chi connectivity index (χ3n) is 4.87. The summed E-state index contributed by atoms with van der Waals surface area (Å²) in [6.07, 6.45) is 20.1. The van der Waals surface area contributed by atoms with E-state index in [0.717, 1.165) is 19.0 Å². The zero-order valence-electron chi connectivity index (χ0n) is 17.4. The Morgan fingerprint density at radius 3 is 1.60 bits per heavy atom. The van der Waals surface area contributed by atoms with E-state index in [1.165, 1.54) is 97.0 Å². The summed E-state index contributed by atoms with van der Waals surface area (Å²) < 4.78 is 4.61. The van der Waals surface area contributed by atoms with Gasteiger partial charge in [0, 0.05) is 6.54 Å². The van der Waals surface area contributed by atoms with Gasteiger partial charge in [0.25, 0.3) is 0 Å². The van der Waals surface area contributed by atoms with Crippen LogP contribution < -0.4 is 5.32 Å². The second-order valence-corrected chi connectivity index (χ2v) is 7.85. The third kappa shape index (κ3) is 21.4. The van der Waals surface area contributed by atoms with Gasteiger partial charge < -0.3 is 10.1 Å². The van der Waals surface area contributed by atoms with Gasteiger partial charge in [-0.15, -0.1) is 0 Å². The fourth-order valence-corrected chi connectivity index (χ4v) is 3.16. The summed E-state index contributed by atoms with van der Waals surface area (Å²) in [5.41, 5.74) is 0. The third-order valence-corrected chi connectivity index (χ3v) is 4.87. The van der Waals surface area contributed by atoms with Crippen molar-refractivity contribution in [3.8, 4) is 0 Å². The lowest BCUT2D eigenvalue weighted by atomic mass is 10.0. The van der Waals surface area contributed by atoms with E-state index < -0.39 is 0 Å². The van der Waals surface area contributed by atoms with E-state index in [-0.39, 0.29) is 5.97 Å². The zero-order valence-corrected chi connectivity index (χ0v) is 17.4. The summed E-state index contributed by atoms with van der Waals surface area (Å²) in [5, 5.41) is 3.30. The number of hydrogen-bond acceptors (Lipinski definition) is 3. The maximum atomic E-state index is 10.9. The van der Waals surface area contributed by atoms with Crippen LogP contribution in [0.1, 0.15) is 110 Å². The van der Waals surface area contributed by atoms with E-state index >= 15 is 0 Å². The number of unbranched alkanes of at least 4 members (excludes halogenated alkanes) is 12. The molecule has 0 unspecified atom stereocenters. The molecule has 0 aromatic rings. The molecule has 3 nitrogen and oxygen atoms in total. The highest BCUT2D eigenvalue weighted by Gasteiger charge is 1.98. The number of esters is 1. The predicted octanol–water partition coefficient (Wildman–Crippen LogP) is 6.26. The number of nitrogens with one attached hydrogen (secondary N) is 1.